The number of anilines is 1. The molecule has 4 aromatic carbocycles. The Labute approximate surface area is 206 Å². The van der Waals surface area contributed by atoms with E-state index in [-0.39, 0.29) is 11.8 Å². The molecular formula is C31H19N3O2. The second-order valence-corrected chi connectivity index (χ2v) is 8.81. The number of carbonyl (C=O) groups excluding carboxylic acids is 2. The maximum atomic E-state index is 13.7. The minimum absolute atomic E-state index is 0.303. The first-order chi connectivity index (χ1) is 17.7. The lowest BCUT2D eigenvalue weighted by Gasteiger charge is -2.14. The van der Waals surface area contributed by atoms with Crippen LogP contribution >= 0.6 is 0 Å². The summed E-state index contributed by atoms with van der Waals surface area (Å²) in [6.45, 7) is 0. The van der Waals surface area contributed by atoms with Gasteiger partial charge >= 0.3 is 0 Å². The van der Waals surface area contributed by atoms with Crippen LogP contribution in [0, 0.1) is 0 Å². The highest BCUT2D eigenvalue weighted by Gasteiger charge is 2.39. The molecule has 0 unspecified atom stereocenters. The summed E-state index contributed by atoms with van der Waals surface area (Å²) in [7, 11) is 0. The third kappa shape index (κ3) is 2.86. The smallest absolute Gasteiger partial charge is 0.268 e. The Balaban J connectivity index is 1.49. The van der Waals surface area contributed by atoms with Gasteiger partial charge in [0.25, 0.3) is 11.8 Å². The molecule has 1 aliphatic heterocycles. The van der Waals surface area contributed by atoms with E-state index in [2.05, 4.69) is 39.9 Å². The minimum Gasteiger partial charge on any atom is -0.308 e. The molecule has 0 bridgehead atoms. The van der Waals surface area contributed by atoms with E-state index in [0.717, 1.165) is 32.9 Å². The average molecular weight is 466 g/mol. The maximum absolute atomic E-state index is 13.7. The fraction of sp³-hybridized carbons (Fsp3) is 0. The molecule has 0 saturated carbocycles. The fourth-order valence-corrected chi connectivity index (χ4v) is 5.21. The highest BCUT2D eigenvalue weighted by molar-refractivity contribution is 6.35. The Morgan fingerprint density at radius 1 is 0.611 bits per heavy atom. The van der Waals surface area contributed by atoms with Gasteiger partial charge in [-0.15, -0.1) is 0 Å². The van der Waals surface area contributed by atoms with E-state index < -0.39 is 0 Å². The van der Waals surface area contributed by atoms with Crippen molar-refractivity contribution in [3.8, 4) is 16.8 Å². The van der Waals surface area contributed by atoms with Gasteiger partial charge in [0.2, 0.25) is 0 Å². The Morgan fingerprint density at radius 3 is 2.25 bits per heavy atom. The quantitative estimate of drug-likeness (QED) is 0.275. The second kappa shape index (κ2) is 7.75. The highest BCUT2D eigenvalue weighted by atomic mass is 16.2. The molecule has 1 aliphatic rings. The van der Waals surface area contributed by atoms with Crippen LogP contribution in [0.2, 0.25) is 0 Å². The SMILES string of the molecule is O=C1c2cccc(-n3c4ccccc4c4cc(-c5cccnc5)ccc43)c2C(=O)N1c1ccccc1. The number of carbonyl (C=O) groups is 2. The summed E-state index contributed by atoms with van der Waals surface area (Å²) >= 11 is 0. The zero-order valence-corrected chi connectivity index (χ0v) is 19.1. The topological polar surface area (TPSA) is 55.2 Å². The van der Waals surface area contributed by atoms with Crippen LogP contribution in [0.1, 0.15) is 20.7 Å². The molecule has 2 aromatic heterocycles. The van der Waals surface area contributed by atoms with E-state index in [1.54, 1.807) is 24.4 Å². The maximum Gasteiger partial charge on any atom is 0.268 e. The van der Waals surface area contributed by atoms with E-state index in [0.29, 0.717) is 22.5 Å². The number of aromatic nitrogens is 2. The Hall–Kier alpha value is -5.03. The van der Waals surface area contributed by atoms with Crippen molar-refractivity contribution in [3.05, 3.63) is 127 Å². The van der Waals surface area contributed by atoms with Gasteiger partial charge in [0.1, 0.15) is 0 Å². The van der Waals surface area contributed by atoms with Gasteiger partial charge < -0.3 is 4.57 Å². The molecule has 36 heavy (non-hydrogen) atoms. The van der Waals surface area contributed by atoms with E-state index >= 15 is 0 Å². The van der Waals surface area contributed by atoms with Crippen molar-refractivity contribution in [2.45, 2.75) is 0 Å². The van der Waals surface area contributed by atoms with Crippen LogP contribution in [0.3, 0.4) is 0 Å². The zero-order valence-electron chi connectivity index (χ0n) is 19.1. The molecule has 5 nitrogen and oxygen atoms in total. The molecule has 0 aliphatic carbocycles. The number of fused-ring (bicyclic) bond motifs is 4. The van der Waals surface area contributed by atoms with Crippen LogP contribution in [0.15, 0.2) is 116 Å². The van der Waals surface area contributed by atoms with Crippen molar-refractivity contribution in [1.82, 2.24) is 9.55 Å². The van der Waals surface area contributed by atoms with Crippen molar-refractivity contribution in [2.24, 2.45) is 0 Å². The summed E-state index contributed by atoms with van der Waals surface area (Å²) in [5.74, 6) is -0.614. The third-order valence-corrected chi connectivity index (χ3v) is 6.82. The van der Waals surface area contributed by atoms with E-state index in [1.165, 1.54) is 4.90 Å². The summed E-state index contributed by atoms with van der Waals surface area (Å²) < 4.78 is 2.09. The van der Waals surface area contributed by atoms with Crippen molar-refractivity contribution >= 4 is 39.3 Å². The van der Waals surface area contributed by atoms with Gasteiger partial charge in [-0.1, -0.05) is 54.6 Å². The van der Waals surface area contributed by atoms with Crippen molar-refractivity contribution < 1.29 is 9.59 Å². The third-order valence-electron chi connectivity index (χ3n) is 6.82. The van der Waals surface area contributed by atoms with Crippen molar-refractivity contribution in [1.29, 1.82) is 0 Å². The first kappa shape index (κ1) is 20.4. The molecule has 0 N–H and O–H groups in total. The molecule has 0 radical (unpaired) electrons. The van der Waals surface area contributed by atoms with Gasteiger partial charge in [-0.2, -0.15) is 0 Å². The molecule has 0 saturated heterocycles. The van der Waals surface area contributed by atoms with Gasteiger partial charge in [0, 0.05) is 28.7 Å². The molecule has 0 fully saturated rings. The Morgan fingerprint density at radius 2 is 1.42 bits per heavy atom. The number of nitrogens with zero attached hydrogens (tertiary/aromatic N) is 3. The van der Waals surface area contributed by atoms with Crippen LogP contribution in [0.25, 0.3) is 38.6 Å². The molecule has 0 spiro atoms. The van der Waals surface area contributed by atoms with E-state index in [4.69, 9.17) is 0 Å². The molecular weight excluding hydrogens is 446 g/mol. The Bertz CT molecular complexity index is 1820. The van der Waals surface area contributed by atoms with Gasteiger partial charge in [-0.3, -0.25) is 14.6 Å². The number of amides is 2. The summed E-state index contributed by atoms with van der Waals surface area (Å²) in [5, 5.41) is 2.15. The van der Waals surface area contributed by atoms with Crippen LogP contribution in [-0.2, 0) is 0 Å². The van der Waals surface area contributed by atoms with Crippen molar-refractivity contribution in [3.63, 3.8) is 0 Å². The van der Waals surface area contributed by atoms with Gasteiger partial charge in [-0.05, 0) is 54.1 Å². The molecule has 7 rings (SSSR count). The lowest BCUT2D eigenvalue weighted by atomic mass is 10.0. The van der Waals surface area contributed by atoms with E-state index in [1.807, 2.05) is 60.8 Å². The number of imide groups is 1. The number of pyridine rings is 1. The van der Waals surface area contributed by atoms with Crippen LogP contribution in [0.4, 0.5) is 5.69 Å². The first-order valence-corrected chi connectivity index (χ1v) is 11.7. The van der Waals surface area contributed by atoms with Gasteiger partial charge in [-0.25, -0.2) is 4.90 Å². The number of hydrogen-bond acceptors (Lipinski definition) is 3. The summed E-state index contributed by atoms with van der Waals surface area (Å²) in [6.07, 6.45) is 3.62. The van der Waals surface area contributed by atoms with Crippen LogP contribution < -0.4 is 4.90 Å². The molecule has 5 heteroatoms. The van der Waals surface area contributed by atoms with Crippen LogP contribution in [0.5, 0.6) is 0 Å². The summed E-state index contributed by atoms with van der Waals surface area (Å²) in [4.78, 5) is 32.6. The molecule has 3 heterocycles. The number of para-hydroxylation sites is 2. The standard InChI is InChI=1S/C31H19N3O2/c35-30-24-12-6-14-28(29(24)31(36)33(30)22-9-2-1-3-10-22)34-26-13-5-4-11-23(26)25-18-20(15-16-27(25)34)21-8-7-17-32-19-21/h1-19H. The van der Waals surface area contributed by atoms with Crippen LogP contribution in [-0.4, -0.2) is 21.4 Å². The highest BCUT2D eigenvalue weighted by Crippen LogP contribution is 2.38. The average Bonchev–Trinajstić information content (AvgIpc) is 3.40. The number of hydrogen-bond donors (Lipinski definition) is 0. The monoisotopic (exact) mass is 465 g/mol. The summed E-state index contributed by atoms with van der Waals surface area (Å²) in [5.41, 5.74) is 6.15. The minimum atomic E-state index is -0.310. The van der Waals surface area contributed by atoms with Gasteiger partial charge in [0.15, 0.2) is 0 Å². The lowest BCUT2D eigenvalue weighted by Crippen LogP contribution is -2.29. The molecule has 6 aromatic rings. The zero-order chi connectivity index (χ0) is 24.2. The largest absolute Gasteiger partial charge is 0.308 e. The number of rotatable bonds is 3. The molecule has 170 valence electrons. The van der Waals surface area contributed by atoms with Crippen molar-refractivity contribution in [2.75, 3.05) is 4.90 Å². The number of benzene rings is 4. The van der Waals surface area contributed by atoms with E-state index in [9.17, 15) is 9.59 Å². The second-order valence-electron chi connectivity index (χ2n) is 8.81. The lowest BCUT2D eigenvalue weighted by molar-refractivity contribution is 0.0926. The predicted molar refractivity (Wildman–Crippen MR) is 142 cm³/mol. The Kier molecular flexibility index (Phi) is 4.38. The predicted octanol–water partition coefficient (Wildman–Crippen LogP) is 6.65. The summed E-state index contributed by atoms with van der Waals surface area (Å²) in [6, 6.07) is 33.0. The van der Waals surface area contributed by atoms with Gasteiger partial charge in [0.05, 0.1) is 33.5 Å². The fourth-order valence-electron chi connectivity index (χ4n) is 5.21. The molecule has 2 amide bonds. The first-order valence-electron chi connectivity index (χ1n) is 11.7. The normalized spacial score (nSPS) is 13.1. The molecule has 0 atom stereocenters.